The molecule has 0 unspecified atom stereocenters. The molecule has 0 saturated heterocycles. The van der Waals surface area contributed by atoms with Crippen molar-refractivity contribution in [2.45, 2.75) is 11.3 Å². The van der Waals surface area contributed by atoms with Crippen LogP contribution in [0.1, 0.15) is 6.42 Å². The van der Waals surface area contributed by atoms with Crippen LogP contribution in [0.15, 0.2) is 45.9 Å². The van der Waals surface area contributed by atoms with E-state index in [1.807, 2.05) is 24.4 Å². The van der Waals surface area contributed by atoms with Gasteiger partial charge >= 0.3 is 0 Å². The van der Waals surface area contributed by atoms with Gasteiger partial charge in [0.15, 0.2) is 0 Å². The standard InChI is InChI=1S/C12H13NOS/c1-14-11-5-2-6-12(8-11)15-9-10-4-3-7-13-10/h2,4-8H,3,9H2,1H3. The molecule has 0 bridgehead atoms. The molecule has 0 aliphatic carbocycles. The van der Waals surface area contributed by atoms with Gasteiger partial charge in [0.1, 0.15) is 5.75 Å². The van der Waals surface area contributed by atoms with E-state index in [0.717, 1.165) is 17.9 Å². The van der Waals surface area contributed by atoms with Crippen LogP contribution in [-0.2, 0) is 0 Å². The van der Waals surface area contributed by atoms with Crippen molar-refractivity contribution < 1.29 is 4.74 Å². The lowest BCUT2D eigenvalue weighted by Crippen LogP contribution is -1.84. The summed E-state index contributed by atoms with van der Waals surface area (Å²) in [6.07, 6.45) is 5.09. The fourth-order valence-electron chi connectivity index (χ4n) is 1.36. The van der Waals surface area contributed by atoms with E-state index in [9.17, 15) is 0 Å². The Kier molecular flexibility index (Phi) is 3.45. The van der Waals surface area contributed by atoms with Crippen molar-refractivity contribution >= 4 is 18.0 Å². The molecule has 0 atom stereocenters. The van der Waals surface area contributed by atoms with Crippen LogP contribution < -0.4 is 4.74 Å². The average molecular weight is 219 g/mol. The Bertz CT molecular complexity index is 398. The Morgan fingerprint density at radius 3 is 3.13 bits per heavy atom. The molecule has 1 heterocycles. The molecule has 0 amide bonds. The third-order valence-corrected chi connectivity index (χ3v) is 3.17. The number of nitrogens with zero attached hydrogens (tertiary/aromatic N) is 1. The minimum absolute atomic E-state index is 0.906. The lowest BCUT2D eigenvalue weighted by molar-refractivity contribution is 0.413. The minimum Gasteiger partial charge on any atom is -0.497 e. The number of benzene rings is 1. The van der Waals surface area contributed by atoms with E-state index in [1.54, 1.807) is 18.9 Å². The van der Waals surface area contributed by atoms with Crippen molar-refractivity contribution in [1.29, 1.82) is 0 Å². The second-order valence-electron chi connectivity index (χ2n) is 3.21. The number of hydrogen-bond donors (Lipinski definition) is 0. The van der Waals surface area contributed by atoms with E-state index in [1.165, 1.54) is 10.6 Å². The van der Waals surface area contributed by atoms with E-state index in [-0.39, 0.29) is 0 Å². The number of allylic oxidation sites excluding steroid dienone is 1. The molecule has 15 heavy (non-hydrogen) atoms. The molecule has 1 aromatic carbocycles. The van der Waals surface area contributed by atoms with Crippen LogP contribution >= 0.6 is 11.8 Å². The zero-order valence-electron chi connectivity index (χ0n) is 8.64. The fraction of sp³-hybridized carbons (Fsp3) is 0.250. The molecule has 3 heteroatoms. The molecular formula is C12H13NOS. The second-order valence-corrected chi connectivity index (χ2v) is 4.26. The molecule has 0 fully saturated rings. The molecular weight excluding hydrogens is 206 g/mol. The summed E-state index contributed by atoms with van der Waals surface area (Å²) in [4.78, 5) is 5.50. The zero-order valence-corrected chi connectivity index (χ0v) is 9.46. The highest BCUT2D eigenvalue weighted by Crippen LogP contribution is 2.25. The predicted octanol–water partition coefficient (Wildman–Crippen LogP) is 3.15. The number of aliphatic imine (C=N–C) groups is 1. The van der Waals surface area contributed by atoms with Gasteiger partial charge in [-0.1, -0.05) is 12.1 Å². The summed E-state index contributed by atoms with van der Waals surface area (Å²) in [5.74, 6) is 1.84. The average Bonchev–Trinajstić information content (AvgIpc) is 2.79. The van der Waals surface area contributed by atoms with Gasteiger partial charge in [-0.3, -0.25) is 4.99 Å². The summed E-state index contributed by atoms with van der Waals surface area (Å²) in [5.41, 5.74) is 1.17. The van der Waals surface area contributed by atoms with Crippen LogP contribution in [0.2, 0.25) is 0 Å². The van der Waals surface area contributed by atoms with Crippen molar-refractivity contribution in [3.63, 3.8) is 0 Å². The Hall–Kier alpha value is -1.22. The predicted molar refractivity (Wildman–Crippen MR) is 64.9 cm³/mol. The van der Waals surface area contributed by atoms with Crippen molar-refractivity contribution in [3.05, 3.63) is 36.0 Å². The lowest BCUT2D eigenvalue weighted by Gasteiger charge is -2.03. The molecule has 0 spiro atoms. The van der Waals surface area contributed by atoms with Crippen molar-refractivity contribution in [2.75, 3.05) is 12.9 Å². The highest BCUT2D eigenvalue weighted by Gasteiger charge is 2.01. The molecule has 1 aromatic rings. The first-order chi connectivity index (χ1) is 7.38. The third-order valence-electron chi connectivity index (χ3n) is 2.14. The lowest BCUT2D eigenvalue weighted by atomic mass is 10.3. The van der Waals surface area contributed by atoms with Gasteiger partial charge in [0.2, 0.25) is 0 Å². The fourth-order valence-corrected chi connectivity index (χ4v) is 2.24. The van der Waals surface area contributed by atoms with Crippen LogP contribution in [0.25, 0.3) is 0 Å². The van der Waals surface area contributed by atoms with Crippen LogP contribution in [0, 0.1) is 0 Å². The van der Waals surface area contributed by atoms with Gasteiger partial charge in [0, 0.05) is 29.0 Å². The number of rotatable bonds is 4. The van der Waals surface area contributed by atoms with Gasteiger partial charge < -0.3 is 4.74 Å². The van der Waals surface area contributed by atoms with E-state index in [4.69, 9.17) is 4.74 Å². The quantitative estimate of drug-likeness (QED) is 0.725. The Labute approximate surface area is 94.1 Å². The molecule has 2 rings (SSSR count). The number of ether oxygens (including phenoxy) is 1. The third kappa shape index (κ3) is 2.86. The molecule has 2 nitrogen and oxygen atoms in total. The van der Waals surface area contributed by atoms with Gasteiger partial charge in [-0.2, -0.15) is 0 Å². The van der Waals surface area contributed by atoms with Crippen LogP contribution in [0.5, 0.6) is 5.75 Å². The molecule has 0 aromatic heterocycles. The van der Waals surface area contributed by atoms with Gasteiger partial charge in [-0.05, 0) is 18.2 Å². The first-order valence-corrected chi connectivity index (χ1v) is 5.85. The topological polar surface area (TPSA) is 21.6 Å². The summed E-state index contributed by atoms with van der Waals surface area (Å²) in [7, 11) is 1.69. The first-order valence-electron chi connectivity index (χ1n) is 4.87. The van der Waals surface area contributed by atoms with Crippen LogP contribution in [0.3, 0.4) is 0 Å². The summed E-state index contributed by atoms with van der Waals surface area (Å²) in [5, 5.41) is 0. The minimum atomic E-state index is 0.906. The highest BCUT2D eigenvalue weighted by molar-refractivity contribution is 7.99. The summed E-state index contributed by atoms with van der Waals surface area (Å²) >= 11 is 1.79. The maximum Gasteiger partial charge on any atom is 0.119 e. The maximum atomic E-state index is 5.17. The Morgan fingerprint density at radius 1 is 1.47 bits per heavy atom. The molecule has 1 aliphatic heterocycles. The molecule has 0 radical (unpaired) electrons. The van der Waals surface area contributed by atoms with Crippen molar-refractivity contribution in [1.82, 2.24) is 0 Å². The van der Waals surface area contributed by atoms with Gasteiger partial charge in [0.05, 0.1) is 7.11 Å². The molecule has 1 aliphatic rings. The summed E-state index contributed by atoms with van der Waals surface area (Å²) < 4.78 is 5.17. The van der Waals surface area contributed by atoms with Gasteiger partial charge in [0.25, 0.3) is 0 Å². The number of thioether (sulfide) groups is 1. The maximum absolute atomic E-state index is 5.17. The van der Waals surface area contributed by atoms with Crippen LogP contribution in [-0.4, -0.2) is 19.1 Å². The second kappa shape index (κ2) is 5.03. The van der Waals surface area contributed by atoms with Crippen molar-refractivity contribution in [3.8, 4) is 5.75 Å². The number of hydrogen-bond acceptors (Lipinski definition) is 3. The first kappa shape index (κ1) is 10.3. The highest BCUT2D eigenvalue weighted by atomic mass is 32.2. The SMILES string of the molecule is COc1cccc(SCC2=CCC=N2)c1. The monoisotopic (exact) mass is 219 g/mol. The van der Waals surface area contributed by atoms with Gasteiger partial charge in [-0.15, -0.1) is 11.8 Å². The Morgan fingerprint density at radius 2 is 2.40 bits per heavy atom. The van der Waals surface area contributed by atoms with E-state index >= 15 is 0 Å². The zero-order chi connectivity index (χ0) is 10.5. The smallest absolute Gasteiger partial charge is 0.119 e. The normalized spacial score (nSPS) is 14.1. The van der Waals surface area contributed by atoms with Crippen molar-refractivity contribution in [2.24, 2.45) is 4.99 Å². The van der Waals surface area contributed by atoms with E-state index in [0.29, 0.717) is 0 Å². The number of methoxy groups -OCH3 is 1. The largest absolute Gasteiger partial charge is 0.497 e. The molecule has 0 N–H and O–H groups in total. The summed E-state index contributed by atoms with van der Waals surface area (Å²) in [6, 6.07) is 8.10. The van der Waals surface area contributed by atoms with E-state index < -0.39 is 0 Å². The van der Waals surface area contributed by atoms with Gasteiger partial charge in [-0.25, -0.2) is 0 Å². The summed E-state index contributed by atoms with van der Waals surface area (Å²) in [6.45, 7) is 0. The molecule has 0 saturated carbocycles. The molecule has 78 valence electrons. The van der Waals surface area contributed by atoms with E-state index in [2.05, 4.69) is 17.1 Å². The Balaban J connectivity index is 1.95. The van der Waals surface area contributed by atoms with Crippen LogP contribution in [0.4, 0.5) is 0 Å².